The predicted molar refractivity (Wildman–Crippen MR) is 63.2 cm³/mol. The van der Waals surface area contributed by atoms with Crippen molar-refractivity contribution in [1.29, 1.82) is 0 Å². The standard InChI is InChI=1S/C13H15N3/c1-3-12-14-10(2)15-13(16-12)9-11-7-5-4-6-8-11/h4-8H,3,9H2,1-2H3. The van der Waals surface area contributed by atoms with Gasteiger partial charge in [-0.15, -0.1) is 0 Å². The zero-order chi connectivity index (χ0) is 11.4. The van der Waals surface area contributed by atoms with Crippen molar-refractivity contribution in [2.24, 2.45) is 0 Å². The van der Waals surface area contributed by atoms with Crippen LogP contribution in [-0.4, -0.2) is 15.0 Å². The third-order valence-corrected chi connectivity index (χ3v) is 2.36. The Bertz CT molecular complexity index is 466. The Morgan fingerprint density at radius 1 is 0.938 bits per heavy atom. The van der Waals surface area contributed by atoms with Crippen molar-refractivity contribution in [3.63, 3.8) is 0 Å². The Hall–Kier alpha value is -1.77. The fourth-order valence-corrected chi connectivity index (χ4v) is 1.61. The summed E-state index contributed by atoms with van der Waals surface area (Å²) in [4.78, 5) is 13.1. The average Bonchev–Trinajstić information content (AvgIpc) is 2.29. The van der Waals surface area contributed by atoms with Crippen LogP contribution in [0.4, 0.5) is 0 Å². The molecule has 0 aliphatic rings. The molecule has 0 N–H and O–H groups in total. The quantitative estimate of drug-likeness (QED) is 0.785. The highest BCUT2D eigenvalue weighted by Gasteiger charge is 2.03. The predicted octanol–water partition coefficient (Wildman–Crippen LogP) is 2.33. The first-order chi connectivity index (χ1) is 7.78. The molecule has 1 aromatic carbocycles. The van der Waals surface area contributed by atoms with Crippen molar-refractivity contribution in [2.45, 2.75) is 26.7 Å². The molecule has 0 spiro atoms. The second-order valence-electron chi connectivity index (χ2n) is 3.73. The van der Waals surface area contributed by atoms with Gasteiger partial charge in [0, 0.05) is 12.8 Å². The lowest BCUT2D eigenvalue weighted by molar-refractivity contribution is 0.807. The minimum absolute atomic E-state index is 0.775. The highest BCUT2D eigenvalue weighted by Crippen LogP contribution is 2.05. The maximum Gasteiger partial charge on any atom is 0.136 e. The molecule has 0 unspecified atom stereocenters. The van der Waals surface area contributed by atoms with Gasteiger partial charge in [0.1, 0.15) is 17.5 Å². The summed E-state index contributed by atoms with van der Waals surface area (Å²) >= 11 is 0. The number of aryl methyl sites for hydroxylation is 2. The molecule has 0 saturated carbocycles. The summed E-state index contributed by atoms with van der Waals surface area (Å²) in [5, 5.41) is 0. The number of rotatable bonds is 3. The molecule has 0 bridgehead atoms. The summed E-state index contributed by atoms with van der Waals surface area (Å²) in [6.07, 6.45) is 1.63. The average molecular weight is 213 g/mol. The summed E-state index contributed by atoms with van der Waals surface area (Å²) in [6.45, 7) is 3.97. The van der Waals surface area contributed by atoms with Crippen molar-refractivity contribution in [3.05, 3.63) is 53.4 Å². The molecule has 0 saturated heterocycles. The van der Waals surface area contributed by atoms with E-state index >= 15 is 0 Å². The van der Waals surface area contributed by atoms with E-state index in [4.69, 9.17) is 0 Å². The summed E-state index contributed by atoms with van der Waals surface area (Å²) in [7, 11) is 0. The van der Waals surface area contributed by atoms with Crippen LogP contribution in [0.15, 0.2) is 30.3 Å². The van der Waals surface area contributed by atoms with Crippen LogP contribution in [0.1, 0.15) is 30.0 Å². The third-order valence-electron chi connectivity index (χ3n) is 2.36. The van der Waals surface area contributed by atoms with Crippen LogP contribution in [0.25, 0.3) is 0 Å². The van der Waals surface area contributed by atoms with Crippen LogP contribution in [-0.2, 0) is 12.8 Å². The Kier molecular flexibility index (Phi) is 3.25. The fraction of sp³-hybridized carbons (Fsp3) is 0.308. The Morgan fingerprint density at radius 3 is 2.31 bits per heavy atom. The van der Waals surface area contributed by atoms with Gasteiger partial charge in [0.15, 0.2) is 0 Å². The number of aromatic nitrogens is 3. The molecule has 3 nitrogen and oxygen atoms in total. The van der Waals surface area contributed by atoms with Gasteiger partial charge in [-0.2, -0.15) is 0 Å². The van der Waals surface area contributed by atoms with E-state index < -0.39 is 0 Å². The van der Waals surface area contributed by atoms with Gasteiger partial charge in [0.2, 0.25) is 0 Å². The molecule has 16 heavy (non-hydrogen) atoms. The largest absolute Gasteiger partial charge is 0.218 e. The highest BCUT2D eigenvalue weighted by atomic mass is 15.0. The molecule has 0 aliphatic carbocycles. The Balaban J connectivity index is 2.24. The van der Waals surface area contributed by atoms with Gasteiger partial charge in [0.25, 0.3) is 0 Å². The molecule has 0 radical (unpaired) electrons. The van der Waals surface area contributed by atoms with E-state index in [1.54, 1.807) is 0 Å². The second-order valence-corrected chi connectivity index (χ2v) is 3.73. The molecule has 0 amide bonds. The first kappa shape index (κ1) is 10.7. The van der Waals surface area contributed by atoms with Gasteiger partial charge in [-0.25, -0.2) is 15.0 Å². The number of hydrogen-bond acceptors (Lipinski definition) is 3. The van der Waals surface area contributed by atoms with E-state index in [-0.39, 0.29) is 0 Å². The summed E-state index contributed by atoms with van der Waals surface area (Å²) in [5.74, 6) is 2.53. The van der Waals surface area contributed by atoms with Crippen LogP contribution in [0.5, 0.6) is 0 Å². The molecule has 0 atom stereocenters. The monoisotopic (exact) mass is 213 g/mol. The molecule has 1 aromatic heterocycles. The van der Waals surface area contributed by atoms with Crippen molar-refractivity contribution in [3.8, 4) is 0 Å². The molecule has 0 fully saturated rings. The maximum atomic E-state index is 4.43. The summed E-state index contributed by atoms with van der Waals surface area (Å²) < 4.78 is 0. The maximum absolute atomic E-state index is 4.43. The summed E-state index contributed by atoms with van der Waals surface area (Å²) in [6, 6.07) is 10.3. The van der Waals surface area contributed by atoms with E-state index in [1.165, 1.54) is 5.56 Å². The van der Waals surface area contributed by atoms with E-state index in [1.807, 2.05) is 25.1 Å². The van der Waals surface area contributed by atoms with Crippen LogP contribution >= 0.6 is 0 Å². The molecule has 2 rings (SSSR count). The fourth-order valence-electron chi connectivity index (χ4n) is 1.61. The van der Waals surface area contributed by atoms with Crippen molar-refractivity contribution in [2.75, 3.05) is 0 Å². The zero-order valence-electron chi connectivity index (χ0n) is 9.64. The zero-order valence-corrected chi connectivity index (χ0v) is 9.64. The van der Waals surface area contributed by atoms with Crippen LogP contribution in [0.2, 0.25) is 0 Å². The Morgan fingerprint density at radius 2 is 1.62 bits per heavy atom. The lowest BCUT2D eigenvalue weighted by Gasteiger charge is -2.03. The third kappa shape index (κ3) is 2.63. The minimum Gasteiger partial charge on any atom is -0.218 e. The lowest BCUT2D eigenvalue weighted by Crippen LogP contribution is -2.05. The lowest BCUT2D eigenvalue weighted by atomic mass is 10.1. The summed E-state index contributed by atoms with van der Waals surface area (Å²) in [5.41, 5.74) is 1.23. The first-order valence-electron chi connectivity index (χ1n) is 5.52. The van der Waals surface area contributed by atoms with E-state index in [0.29, 0.717) is 0 Å². The molecule has 1 heterocycles. The van der Waals surface area contributed by atoms with Crippen molar-refractivity contribution < 1.29 is 0 Å². The van der Waals surface area contributed by atoms with E-state index in [2.05, 4.69) is 34.0 Å². The Labute approximate surface area is 95.6 Å². The number of hydrogen-bond donors (Lipinski definition) is 0. The second kappa shape index (κ2) is 4.84. The van der Waals surface area contributed by atoms with Gasteiger partial charge in [-0.3, -0.25) is 0 Å². The molecule has 0 aliphatic heterocycles. The van der Waals surface area contributed by atoms with Crippen LogP contribution in [0.3, 0.4) is 0 Å². The first-order valence-corrected chi connectivity index (χ1v) is 5.52. The van der Waals surface area contributed by atoms with Crippen molar-refractivity contribution >= 4 is 0 Å². The molecular formula is C13H15N3. The van der Waals surface area contributed by atoms with E-state index in [9.17, 15) is 0 Å². The van der Waals surface area contributed by atoms with Crippen LogP contribution in [0, 0.1) is 6.92 Å². The van der Waals surface area contributed by atoms with Gasteiger partial charge in [-0.05, 0) is 12.5 Å². The topological polar surface area (TPSA) is 38.7 Å². The normalized spacial score (nSPS) is 10.4. The molecule has 82 valence electrons. The number of benzene rings is 1. The van der Waals surface area contributed by atoms with Gasteiger partial charge < -0.3 is 0 Å². The van der Waals surface area contributed by atoms with Crippen molar-refractivity contribution in [1.82, 2.24) is 15.0 Å². The molecule has 3 heteroatoms. The van der Waals surface area contributed by atoms with Gasteiger partial charge in [-0.1, -0.05) is 37.3 Å². The van der Waals surface area contributed by atoms with Gasteiger partial charge >= 0.3 is 0 Å². The number of nitrogens with zero attached hydrogens (tertiary/aromatic N) is 3. The highest BCUT2D eigenvalue weighted by molar-refractivity contribution is 5.18. The molecular weight excluding hydrogens is 198 g/mol. The smallest absolute Gasteiger partial charge is 0.136 e. The molecule has 2 aromatic rings. The van der Waals surface area contributed by atoms with Crippen LogP contribution < -0.4 is 0 Å². The minimum atomic E-state index is 0.775. The SMILES string of the molecule is CCc1nc(C)nc(Cc2ccccc2)n1. The van der Waals surface area contributed by atoms with E-state index in [0.717, 1.165) is 30.3 Å². The van der Waals surface area contributed by atoms with Gasteiger partial charge in [0.05, 0.1) is 0 Å².